The van der Waals surface area contributed by atoms with Crippen LogP contribution in [0.5, 0.6) is 5.75 Å². The first-order valence-corrected chi connectivity index (χ1v) is 8.05. The first-order chi connectivity index (χ1) is 9.88. The Hall–Kier alpha value is -1.13. The third-order valence-electron chi connectivity index (χ3n) is 2.85. The average Bonchev–Trinajstić information content (AvgIpc) is 2.41. The molecule has 0 spiro atoms. The van der Waals surface area contributed by atoms with E-state index >= 15 is 0 Å². The number of benzene rings is 1. The number of nitrogens with zero attached hydrogens (tertiary/aromatic N) is 2. The Balaban J connectivity index is 2.47. The molecule has 0 aliphatic rings. The maximum Gasteiger partial charge on any atom is 0.161 e. The standard InChI is InChI=1S/C16H18BrClN2O/c1-9(2)14-13(17)15(18)20-16(19-14)11-6-5-7-12(8-11)21-10(3)4/h5-10H,1-4H3. The van der Waals surface area contributed by atoms with Crippen molar-refractivity contribution in [3.63, 3.8) is 0 Å². The van der Waals surface area contributed by atoms with E-state index < -0.39 is 0 Å². The van der Waals surface area contributed by atoms with E-state index in [-0.39, 0.29) is 12.0 Å². The number of hydrogen-bond donors (Lipinski definition) is 0. The molecular weight excluding hydrogens is 352 g/mol. The van der Waals surface area contributed by atoms with Gasteiger partial charge in [0.25, 0.3) is 0 Å². The zero-order valence-corrected chi connectivity index (χ0v) is 14.9. The largest absolute Gasteiger partial charge is 0.491 e. The second kappa shape index (κ2) is 6.75. The van der Waals surface area contributed by atoms with Gasteiger partial charge in [-0.2, -0.15) is 0 Å². The van der Waals surface area contributed by atoms with E-state index in [2.05, 4.69) is 39.7 Å². The highest BCUT2D eigenvalue weighted by atomic mass is 79.9. The molecule has 0 atom stereocenters. The highest BCUT2D eigenvalue weighted by molar-refractivity contribution is 9.10. The van der Waals surface area contributed by atoms with Gasteiger partial charge in [0.1, 0.15) is 10.9 Å². The van der Waals surface area contributed by atoms with E-state index in [1.165, 1.54) is 0 Å². The SMILES string of the molecule is CC(C)Oc1cccc(-c2nc(Cl)c(Br)c(C(C)C)n2)c1. The normalized spacial score (nSPS) is 11.2. The molecule has 5 heteroatoms. The van der Waals surface area contributed by atoms with Crippen LogP contribution in [0.2, 0.25) is 5.15 Å². The van der Waals surface area contributed by atoms with E-state index in [1.54, 1.807) is 0 Å². The second-order valence-electron chi connectivity index (χ2n) is 5.39. The van der Waals surface area contributed by atoms with Crippen LogP contribution in [-0.4, -0.2) is 16.1 Å². The molecule has 2 rings (SSSR count). The number of halogens is 2. The van der Waals surface area contributed by atoms with Gasteiger partial charge in [0.2, 0.25) is 0 Å². The topological polar surface area (TPSA) is 35.0 Å². The molecule has 0 aliphatic heterocycles. The molecule has 2 aromatic rings. The van der Waals surface area contributed by atoms with E-state index in [1.807, 2.05) is 38.1 Å². The molecule has 3 nitrogen and oxygen atoms in total. The summed E-state index contributed by atoms with van der Waals surface area (Å²) < 4.78 is 6.47. The van der Waals surface area contributed by atoms with Gasteiger partial charge in [0, 0.05) is 5.56 Å². The van der Waals surface area contributed by atoms with Crippen molar-refractivity contribution < 1.29 is 4.74 Å². The first-order valence-electron chi connectivity index (χ1n) is 6.88. The predicted octanol–water partition coefficient (Wildman–Crippen LogP) is 5.47. The molecule has 1 aromatic carbocycles. The summed E-state index contributed by atoms with van der Waals surface area (Å²) >= 11 is 9.66. The molecule has 112 valence electrons. The molecular formula is C16H18BrClN2O. The van der Waals surface area contributed by atoms with Gasteiger partial charge in [0.05, 0.1) is 16.3 Å². The second-order valence-corrected chi connectivity index (χ2v) is 6.54. The van der Waals surface area contributed by atoms with E-state index in [0.717, 1.165) is 21.5 Å². The van der Waals surface area contributed by atoms with Crippen molar-refractivity contribution in [3.05, 3.63) is 39.6 Å². The molecule has 0 aliphatic carbocycles. The predicted molar refractivity (Wildman–Crippen MR) is 90.0 cm³/mol. The van der Waals surface area contributed by atoms with Gasteiger partial charge >= 0.3 is 0 Å². The quantitative estimate of drug-likeness (QED) is 0.670. The maximum absolute atomic E-state index is 6.21. The monoisotopic (exact) mass is 368 g/mol. The molecule has 0 unspecified atom stereocenters. The van der Waals surface area contributed by atoms with Gasteiger partial charge in [-0.25, -0.2) is 9.97 Å². The Morgan fingerprint density at radius 3 is 2.48 bits per heavy atom. The van der Waals surface area contributed by atoms with Crippen LogP contribution in [0.15, 0.2) is 28.7 Å². The fourth-order valence-corrected chi connectivity index (χ4v) is 2.74. The van der Waals surface area contributed by atoms with Gasteiger partial charge in [-0.05, 0) is 47.8 Å². The summed E-state index contributed by atoms with van der Waals surface area (Å²) in [4.78, 5) is 8.98. The van der Waals surface area contributed by atoms with Gasteiger partial charge in [-0.1, -0.05) is 37.6 Å². The summed E-state index contributed by atoms with van der Waals surface area (Å²) in [5.74, 6) is 1.67. The van der Waals surface area contributed by atoms with E-state index in [4.69, 9.17) is 16.3 Å². The fourth-order valence-electron chi connectivity index (χ4n) is 1.93. The molecule has 0 radical (unpaired) electrons. The minimum absolute atomic E-state index is 0.126. The number of ether oxygens (including phenoxy) is 1. The Labute approximate surface area is 138 Å². The van der Waals surface area contributed by atoms with Crippen molar-refractivity contribution in [2.24, 2.45) is 0 Å². The van der Waals surface area contributed by atoms with Crippen LogP contribution < -0.4 is 4.74 Å². The Morgan fingerprint density at radius 2 is 1.86 bits per heavy atom. The van der Waals surface area contributed by atoms with Gasteiger partial charge in [-0.3, -0.25) is 0 Å². The smallest absolute Gasteiger partial charge is 0.161 e. The summed E-state index contributed by atoms with van der Waals surface area (Å²) in [6.07, 6.45) is 0.126. The van der Waals surface area contributed by atoms with Gasteiger partial charge < -0.3 is 4.74 Å². The lowest BCUT2D eigenvalue weighted by Gasteiger charge is -2.13. The molecule has 0 amide bonds. The third kappa shape index (κ3) is 3.95. The third-order valence-corrected chi connectivity index (χ3v) is 4.13. The van der Waals surface area contributed by atoms with Gasteiger partial charge in [0.15, 0.2) is 5.82 Å². The van der Waals surface area contributed by atoms with Crippen LogP contribution in [0.25, 0.3) is 11.4 Å². The minimum atomic E-state index is 0.126. The molecule has 21 heavy (non-hydrogen) atoms. The van der Waals surface area contributed by atoms with E-state index in [0.29, 0.717) is 11.0 Å². The van der Waals surface area contributed by atoms with Crippen molar-refractivity contribution in [2.75, 3.05) is 0 Å². The number of hydrogen-bond acceptors (Lipinski definition) is 3. The Bertz CT molecular complexity index is 644. The maximum atomic E-state index is 6.21. The summed E-state index contributed by atoms with van der Waals surface area (Å²) in [7, 11) is 0. The Kier molecular flexibility index (Phi) is 5.22. The summed E-state index contributed by atoms with van der Waals surface area (Å²) in [5, 5.41) is 0.430. The lowest BCUT2D eigenvalue weighted by atomic mass is 10.1. The first kappa shape index (κ1) is 16.2. The molecule has 1 aromatic heterocycles. The van der Waals surface area contributed by atoms with Crippen LogP contribution in [0.3, 0.4) is 0 Å². The number of aromatic nitrogens is 2. The van der Waals surface area contributed by atoms with Gasteiger partial charge in [-0.15, -0.1) is 0 Å². The Morgan fingerprint density at radius 1 is 1.14 bits per heavy atom. The van der Waals surface area contributed by atoms with Crippen molar-refractivity contribution in [1.82, 2.24) is 9.97 Å². The van der Waals surface area contributed by atoms with Crippen molar-refractivity contribution in [3.8, 4) is 17.1 Å². The number of rotatable bonds is 4. The van der Waals surface area contributed by atoms with Crippen molar-refractivity contribution in [2.45, 2.75) is 39.7 Å². The molecule has 0 N–H and O–H groups in total. The zero-order valence-electron chi connectivity index (χ0n) is 12.5. The zero-order chi connectivity index (χ0) is 15.6. The molecule has 0 bridgehead atoms. The van der Waals surface area contributed by atoms with E-state index in [9.17, 15) is 0 Å². The highest BCUT2D eigenvalue weighted by Crippen LogP contribution is 2.31. The van der Waals surface area contributed by atoms with Crippen molar-refractivity contribution >= 4 is 27.5 Å². The summed E-state index contributed by atoms with van der Waals surface area (Å²) in [6, 6.07) is 7.75. The average molecular weight is 370 g/mol. The van der Waals surface area contributed by atoms with Crippen LogP contribution in [0, 0.1) is 0 Å². The van der Waals surface area contributed by atoms with Crippen LogP contribution >= 0.6 is 27.5 Å². The lowest BCUT2D eigenvalue weighted by Crippen LogP contribution is -2.05. The highest BCUT2D eigenvalue weighted by Gasteiger charge is 2.15. The molecule has 0 saturated heterocycles. The summed E-state index contributed by atoms with van der Waals surface area (Å²) in [6.45, 7) is 8.14. The van der Waals surface area contributed by atoms with Crippen LogP contribution in [0.1, 0.15) is 39.3 Å². The van der Waals surface area contributed by atoms with Crippen LogP contribution in [-0.2, 0) is 0 Å². The van der Waals surface area contributed by atoms with Crippen molar-refractivity contribution in [1.29, 1.82) is 0 Å². The fraction of sp³-hybridized carbons (Fsp3) is 0.375. The summed E-state index contributed by atoms with van der Waals surface area (Å²) in [5.41, 5.74) is 1.80. The molecule has 1 heterocycles. The minimum Gasteiger partial charge on any atom is -0.491 e. The molecule has 0 saturated carbocycles. The van der Waals surface area contributed by atoms with Crippen LogP contribution in [0.4, 0.5) is 0 Å². The molecule has 0 fully saturated rings. The lowest BCUT2D eigenvalue weighted by molar-refractivity contribution is 0.242.